The van der Waals surface area contributed by atoms with E-state index >= 15 is 0 Å². The Bertz CT molecular complexity index is 1130. The van der Waals surface area contributed by atoms with Crippen molar-refractivity contribution in [2.24, 2.45) is 5.41 Å². The van der Waals surface area contributed by atoms with Gasteiger partial charge in [-0.3, -0.25) is 9.59 Å². The Morgan fingerprint density at radius 3 is 2.25 bits per heavy atom. The number of nitrogens with zero attached hydrogens (tertiary/aromatic N) is 1. The lowest BCUT2D eigenvalue weighted by atomic mass is 9.88. The highest BCUT2D eigenvalue weighted by atomic mass is 35.5. The van der Waals surface area contributed by atoms with E-state index < -0.39 is 11.4 Å². The van der Waals surface area contributed by atoms with Crippen molar-refractivity contribution in [2.75, 3.05) is 19.7 Å². The number of carbonyl (C=O) groups is 2. The van der Waals surface area contributed by atoms with E-state index in [-0.39, 0.29) is 31.3 Å². The second-order valence-corrected chi connectivity index (χ2v) is 8.27. The number of aliphatic carboxylic acids is 1. The van der Waals surface area contributed by atoms with E-state index in [1.165, 1.54) is 17.0 Å². The molecule has 1 heterocycles. The number of carboxylic acids is 1. The van der Waals surface area contributed by atoms with Crippen LogP contribution in [0.5, 0.6) is 5.75 Å². The molecule has 0 aliphatic carbocycles. The first kappa shape index (κ1) is 21.8. The number of halogens is 2. The molecule has 1 unspecified atom stereocenters. The Morgan fingerprint density at radius 1 is 1.00 bits per heavy atom. The largest absolute Gasteiger partial charge is 0.492 e. The average molecular weight is 454 g/mol. The van der Waals surface area contributed by atoms with Crippen LogP contribution in [-0.4, -0.2) is 41.6 Å². The van der Waals surface area contributed by atoms with Crippen molar-refractivity contribution < 1.29 is 23.8 Å². The van der Waals surface area contributed by atoms with Gasteiger partial charge in [-0.2, -0.15) is 0 Å². The molecule has 1 fully saturated rings. The summed E-state index contributed by atoms with van der Waals surface area (Å²) in [6.45, 7) is 0.286. The molecule has 32 heavy (non-hydrogen) atoms. The van der Waals surface area contributed by atoms with E-state index in [4.69, 9.17) is 16.3 Å². The fraction of sp³-hybridized carbons (Fsp3) is 0.200. The van der Waals surface area contributed by atoms with Gasteiger partial charge in [0.2, 0.25) is 0 Å². The molecule has 5 nitrogen and oxygen atoms in total. The van der Waals surface area contributed by atoms with Crippen LogP contribution >= 0.6 is 11.6 Å². The van der Waals surface area contributed by atoms with Gasteiger partial charge in [-0.15, -0.1) is 0 Å². The summed E-state index contributed by atoms with van der Waals surface area (Å²) in [5.41, 5.74) is 0.909. The van der Waals surface area contributed by atoms with Gasteiger partial charge >= 0.3 is 5.97 Å². The Balaban J connectivity index is 1.44. The molecule has 0 aromatic heterocycles. The maximum Gasteiger partial charge on any atom is 0.315 e. The Labute approximate surface area is 190 Å². The maximum atomic E-state index is 13.1. The summed E-state index contributed by atoms with van der Waals surface area (Å²) in [4.78, 5) is 26.4. The second kappa shape index (κ2) is 9.01. The monoisotopic (exact) mass is 453 g/mol. The fourth-order valence-electron chi connectivity index (χ4n) is 3.81. The van der Waals surface area contributed by atoms with Crippen LogP contribution in [0.25, 0.3) is 11.1 Å². The minimum atomic E-state index is -1.20. The molecule has 1 aliphatic rings. The van der Waals surface area contributed by atoms with Crippen molar-refractivity contribution in [3.05, 3.63) is 89.2 Å². The molecule has 7 heteroatoms. The van der Waals surface area contributed by atoms with E-state index in [0.29, 0.717) is 22.9 Å². The number of likely N-dealkylation sites (tertiary alicyclic amines) is 1. The van der Waals surface area contributed by atoms with Crippen LogP contribution in [0.15, 0.2) is 72.8 Å². The van der Waals surface area contributed by atoms with Crippen LogP contribution in [-0.2, 0) is 4.79 Å². The molecule has 0 bridgehead atoms. The molecule has 164 valence electrons. The quantitative estimate of drug-likeness (QED) is 0.561. The van der Waals surface area contributed by atoms with Gasteiger partial charge in [0.25, 0.3) is 5.91 Å². The zero-order valence-electron chi connectivity index (χ0n) is 17.1. The first-order chi connectivity index (χ1) is 15.4. The van der Waals surface area contributed by atoms with Crippen LogP contribution in [0, 0.1) is 11.2 Å². The molecule has 3 aromatic carbocycles. The third-order valence-electron chi connectivity index (χ3n) is 5.75. The van der Waals surface area contributed by atoms with E-state index in [1.54, 1.807) is 48.5 Å². The Morgan fingerprint density at radius 2 is 1.62 bits per heavy atom. The van der Waals surface area contributed by atoms with Crippen molar-refractivity contribution >= 4 is 23.5 Å². The molecule has 1 N–H and O–H groups in total. The van der Waals surface area contributed by atoms with Gasteiger partial charge in [-0.1, -0.05) is 48.0 Å². The lowest BCUT2D eigenvalue weighted by molar-refractivity contribution is -0.149. The maximum absolute atomic E-state index is 13.1. The lowest BCUT2D eigenvalue weighted by Crippen LogP contribution is -2.41. The normalized spacial score (nSPS) is 17.9. The molecular weight excluding hydrogens is 433 g/mol. The minimum absolute atomic E-state index is 0.0417. The van der Waals surface area contributed by atoms with Gasteiger partial charge in [0.15, 0.2) is 0 Å². The molecule has 1 aliphatic heterocycles. The fourth-order valence-corrected chi connectivity index (χ4v) is 4.03. The van der Waals surface area contributed by atoms with Gasteiger partial charge in [0.1, 0.15) is 23.6 Å². The predicted molar refractivity (Wildman–Crippen MR) is 119 cm³/mol. The topological polar surface area (TPSA) is 66.8 Å². The third-order valence-corrected chi connectivity index (χ3v) is 6.08. The number of amides is 1. The van der Waals surface area contributed by atoms with Crippen molar-refractivity contribution in [1.29, 1.82) is 0 Å². The number of carboxylic acid groups (broad SMARTS) is 1. The van der Waals surface area contributed by atoms with Crippen molar-refractivity contribution in [3.63, 3.8) is 0 Å². The van der Waals surface area contributed by atoms with Gasteiger partial charge in [0.05, 0.1) is 10.6 Å². The number of ether oxygens (including phenoxy) is 1. The molecule has 1 saturated heterocycles. The number of benzene rings is 3. The average Bonchev–Trinajstić information content (AvgIpc) is 3.25. The first-order valence-electron chi connectivity index (χ1n) is 10.1. The summed E-state index contributed by atoms with van der Waals surface area (Å²) in [5.74, 6) is -1.07. The number of hydrogen-bond acceptors (Lipinski definition) is 3. The highest BCUT2D eigenvalue weighted by molar-refractivity contribution is 6.33. The summed E-state index contributed by atoms with van der Waals surface area (Å²) in [5, 5.41) is 10.2. The van der Waals surface area contributed by atoms with Crippen molar-refractivity contribution in [2.45, 2.75) is 6.42 Å². The lowest BCUT2D eigenvalue weighted by Gasteiger charge is -2.25. The van der Waals surface area contributed by atoms with Crippen LogP contribution in [0.4, 0.5) is 4.39 Å². The molecule has 4 rings (SSSR count). The summed E-state index contributed by atoms with van der Waals surface area (Å²) in [6.07, 6.45) is 0.284. The van der Waals surface area contributed by atoms with Gasteiger partial charge in [0, 0.05) is 13.1 Å². The van der Waals surface area contributed by atoms with Gasteiger partial charge < -0.3 is 14.7 Å². The zero-order valence-corrected chi connectivity index (χ0v) is 17.9. The Kier molecular flexibility index (Phi) is 6.15. The van der Waals surface area contributed by atoms with E-state index in [2.05, 4.69) is 0 Å². The number of hydrogen-bond donors (Lipinski definition) is 1. The molecule has 3 aromatic rings. The highest BCUT2D eigenvalue weighted by Crippen LogP contribution is 2.34. The van der Waals surface area contributed by atoms with Gasteiger partial charge in [-0.05, 0) is 53.9 Å². The second-order valence-electron chi connectivity index (χ2n) is 7.86. The van der Waals surface area contributed by atoms with E-state index in [0.717, 1.165) is 11.1 Å². The summed E-state index contributed by atoms with van der Waals surface area (Å²) in [7, 11) is 0. The first-order valence-corrected chi connectivity index (χ1v) is 10.5. The van der Waals surface area contributed by atoms with Gasteiger partial charge in [-0.25, -0.2) is 4.39 Å². The van der Waals surface area contributed by atoms with Crippen molar-refractivity contribution in [3.8, 4) is 16.9 Å². The SMILES string of the molecule is O=C(c1ccccc1Cl)N1CCC(COc2ccc(-c3ccc(F)cc3)cc2)(C(=O)O)C1. The summed E-state index contributed by atoms with van der Waals surface area (Å²) >= 11 is 6.13. The van der Waals surface area contributed by atoms with E-state index in [1.807, 2.05) is 12.1 Å². The molecule has 1 atom stereocenters. The minimum Gasteiger partial charge on any atom is -0.492 e. The molecule has 0 spiro atoms. The zero-order chi connectivity index (χ0) is 22.7. The van der Waals surface area contributed by atoms with Crippen LogP contribution in [0.3, 0.4) is 0 Å². The smallest absolute Gasteiger partial charge is 0.315 e. The molecular formula is C25H21ClFNO4. The Hall–Kier alpha value is -3.38. The highest BCUT2D eigenvalue weighted by Gasteiger charge is 2.47. The van der Waals surface area contributed by atoms with E-state index in [9.17, 15) is 19.1 Å². The molecule has 0 radical (unpaired) electrons. The molecule has 0 saturated carbocycles. The summed E-state index contributed by atoms with van der Waals surface area (Å²) in [6, 6.07) is 20.0. The summed E-state index contributed by atoms with van der Waals surface area (Å²) < 4.78 is 18.9. The molecule has 1 amide bonds. The standard InChI is InChI=1S/C25H21ClFNO4/c26-22-4-2-1-3-21(22)23(29)28-14-13-25(15-28,24(30)31)16-32-20-11-7-18(8-12-20)17-5-9-19(27)10-6-17/h1-12H,13-16H2,(H,30,31). The predicted octanol–water partition coefficient (Wildman–Crippen LogP) is 5.14. The number of carbonyl (C=O) groups excluding carboxylic acids is 1. The van der Waals surface area contributed by atoms with Crippen molar-refractivity contribution in [1.82, 2.24) is 4.90 Å². The van der Waals surface area contributed by atoms with Crippen LogP contribution < -0.4 is 4.74 Å². The van der Waals surface area contributed by atoms with Crippen LogP contribution in [0.1, 0.15) is 16.8 Å². The third kappa shape index (κ3) is 4.46. The van der Waals surface area contributed by atoms with Crippen LogP contribution in [0.2, 0.25) is 5.02 Å². The number of rotatable bonds is 6.